The minimum Gasteiger partial charge on any atom is -0.357 e. The highest BCUT2D eigenvalue weighted by atomic mass is 32.2. The molecule has 0 aliphatic carbocycles. The number of benzene rings is 1. The zero-order valence-corrected chi connectivity index (χ0v) is 18.3. The Bertz CT molecular complexity index is 903. The Morgan fingerprint density at radius 3 is 2.67 bits per heavy atom. The standard InChI is InChI=1S/C20H28N4OS2/c1-6-8-27-9-7-25-15(4)24-18-11-14(3)13(2)10-16(18)21-20(24)17-12-19(26-5)23-22-17/h10-12,15H,6-9H2,1-5H3,(H,22,23). The third-order valence-electron chi connectivity index (χ3n) is 4.61. The summed E-state index contributed by atoms with van der Waals surface area (Å²) in [5, 5.41) is 8.44. The van der Waals surface area contributed by atoms with Crippen molar-refractivity contribution in [3.05, 3.63) is 29.3 Å². The smallest absolute Gasteiger partial charge is 0.161 e. The second-order valence-electron chi connectivity index (χ2n) is 6.64. The average Bonchev–Trinajstić information content (AvgIpc) is 3.26. The fourth-order valence-corrected chi connectivity index (χ4v) is 4.11. The van der Waals surface area contributed by atoms with E-state index in [1.54, 1.807) is 11.8 Å². The lowest BCUT2D eigenvalue weighted by molar-refractivity contribution is 0.0305. The van der Waals surface area contributed by atoms with Crippen molar-refractivity contribution in [3.63, 3.8) is 0 Å². The average molecular weight is 405 g/mol. The van der Waals surface area contributed by atoms with E-state index in [2.05, 4.69) is 54.6 Å². The molecular formula is C20H28N4OS2. The fourth-order valence-electron chi connectivity index (χ4n) is 3.03. The molecule has 3 aromatic rings. The number of imidazole rings is 1. The number of fused-ring (bicyclic) bond motifs is 1. The fraction of sp³-hybridized carbons (Fsp3) is 0.500. The van der Waals surface area contributed by atoms with Crippen LogP contribution in [0.5, 0.6) is 0 Å². The highest BCUT2D eigenvalue weighted by Crippen LogP contribution is 2.31. The molecule has 0 spiro atoms. The summed E-state index contributed by atoms with van der Waals surface area (Å²) in [6, 6.07) is 6.41. The predicted octanol–water partition coefficient (Wildman–Crippen LogP) is 5.44. The van der Waals surface area contributed by atoms with Crippen LogP contribution in [-0.2, 0) is 4.74 Å². The van der Waals surface area contributed by atoms with E-state index in [1.807, 2.05) is 24.1 Å². The summed E-state index contributed by atoms with van der Waals surface area (Å²) in [5.74, 6) is 3.07. The highest BCUT2D eigenvalue weighted by molar-refractivity contribution is 7.99. The first-order valence-electron chi connectivity index (χ1n) is 9.33. The summed E-state index contributed by atoms with van der Waals surface area (Å²) in [4.78, 5) is 4.91. The third-order valence-corrected chi connectivity index (χ3v) is 6.39. The molecule has 1 N–H and O–H groups in total. The zero-order valence-electron chi connectivity index (χ0n) is 16.7. The first-order chi connectivity index (χ1) is 13.0. The van der Waals surface area contributed by atoms with Crippen LogP contribution in [0.1, 0.15) is 37.6 Å². The monoisotopic (exact) mass is 404 g/mol. The van der Waals surface area contributed by atoms with E-state index in [0.29, 0.717) is 0 Å². The summed E-state index contributed by atoms with van der Waals surface area (Å²) in [6.45, 7) is 9.30. The number of aromatic amines is 1. The minimum absolute atomic E-state index is 0.102. The van der Waals surface area contributed by atoms with E-state index in [1.165, 1.54) is 23.3 Å². The molecule has 3 rings (SSSR count). The van der Waals surface area contributed by atoms with Gasteiger partial charge in [-0.3, -0.25) is 9.67 Å². The number of hydrogen-bond acceptors (Lipinski definition) is 5. The quantitative estimate of drug-likeness (QED) is 0.380. The number of aryl methyl sites for hydroxylation is 2. The van der Waals surface area contributed by atoms with Crippen molar-refractivity contribution in [2.24, 2.45) is 0 Å². The molecule has 0 bridgehead atoms. The van der Waals surface area contributed by atoms with Crippen molar-refractivity contribution in [1.82, 2.24) is 19.7 Å². The van der Waals surface area contributed by atoms with Crippen LogP contribution >= 0.6 is 23.5 Å². The van der Waals surface area contributed by atoms with Gasteiger partial charge in [-0.15, -0.1) is 11.8 Å². The number of thioether (sulfide) groups is 2. The number of aromatic nitrogens is 4. The molecule has 0 saturated carbocycles. The third kappa shape index (κ3) is 4.52. The van der Waals surface area contributed by atoms with Crippen LogP contribution in [-0.4, -0.2) is 44.1 Å². The van der Waals surface area contributed by atoms with E-state index in [4.69, 9.17) is 9.72 Å². The van der Waals surface area contributed by atoms with Crippen molar-refractivity contribution < 1.29 is 4.74 Å². The molecule has 5 nitrogen and oxygen atoms in total. The van der Waals surface area contributed by atoms with Gasteiger partial charge in [-0.05, 0) is 62.5 Å². The van der Waals surface area contributed by atoms with Crippen LogP contribution in [0, 0.1) is 13.8 Å². The first-order valence-corrected chi connectivity index (χ1v) is 11.7. The number of hydrogen-bond donors (Lipinski definition) is 1. The van der Waals surface area contributed by atoms with Gasteiger partial charge in [0.1, 0.15) is 16.9 Å². The van der Waals surface area contributed by atoms with Crippen LogP contribution in [0.25, 0.3) is 22.6 Å². The Kier molecular flexibility index (Phi) is 6.89. The normalized spacial score (nSPS) is 12.8. The SMILES string of the molecule is CCCSCCOC(C)n1c(-c2cc(SC)n[nH]2)nc2cc(C)c(C)cc21. The Labute approximate surface area is 169 Å². The van der Waals surface area contributed by atoms with E-state index in [0.717, 1.165) is 39.9 Å². The maximum atomic E-state index is 6.17. The Morgan fingerprint density at radius 2 is 1.96 bits per heavy atom. The van der Waals surface area contributed by atoms with Crippen molar-refractivity contribution in [3.8, 4) is 11.5 Å². The van der Waals surface area contributed by atoms with Crippen LogP contribution < -0.4 is 0 Å². The molecule has 2 aromatic heterocycles. The second kappa shape index (κ2) is 9.17. The Hall–Kier alpha value is -1.44. The van der Waals surface area contributed by atoms with Crippen LogP contribution in [0.2, 0.25) is 0 Å². The van der Waals surface area contributed by atoms with Crippen molar-refractivity contribution in [1.29, 1.82) is 0 Å². The zero-order chi connectivity index (χ0) is 19.4. The van der Waals surface area contributed by atoms with Gasteiger partial charge in [-0.25, -0.2) is 4.98 Å². The molecule has 0 amide bonds. The molecule has 0 aliphatic rings. The maximum Gasteiger partial charge on any atom is 0.161 e. The molecule has 0 aliphatic heterocycles. The lowest BCUT2D eigenvalue weighted by Gasteiger charge is -2.18. The van der Waals surface area contributed by atoms with Gasteiger partial charge >= 0.3 is 0 Å². The van der Waals surface area contributed by atoms with E-state index < -0.39 is 0 Å². The molecule has 1 unspecified atom stereocenters. The van der Waals surface area contributed by atoms with Gasteiger partial charge in [-0.2, -0.15) is 16.9 Å². The number of rotatable bonds is 9. The molecule has 1 atom stereocenters. The molecule has 0 radical (unpaired) electrons. The molecule has 1 aromatic carbocycles. The molecule has 2 heterocycles. The van der Waals surface area contributed by atoms with Crippen molar-refractivity contribution in [2.45, 2.75) is 45.4 Å². The highest BCUT2D eigenvalue weighted by Gasteiger charge is 2.20. The van der Waals surface area contributed by atoms with Crippen LogP contribution in [0.4, 0.5) is 0 Å². The van der Waals surface area contributed by atoms with E-state index >= 15 is 0 Å². The predicted molar refractivity (Wildman–Crippen MR) is 117 cm³/mol. The van der Waals surface area contributed by atoms with Gasteiger partial charge in [0.2, 0.25) is 0 Å². The number of nitrogens with one attached hydrogen (secondary N) is 1. The summed E-state index contributed by atoms with van der Waals surface area (Å²) in [7, 11) is 0. The molecule has 0 fully saturated rings. The van der Waals surface area contributed by atoms with Crippen LogP contribution in [0.3, 0.4) is 0 Å². The van der Waals surface area contributed by atoms with Gasteiger partial charge in [-0.1, -0.05) is 6.92 Å². The largest absolute Gasteiger partial charge is 0.357 e. The lowest BCUT2D eigenvalue weighted by Crippen LogP contribution is -2.13. The molecule has 0 saturated heterocycles. The maximum absolute atomic E-state index is 6.17. The van der Waals surface area contributed by atoms with E-state index in [9.17, 15) is 0 Å². The van der Waals surface area contributed by atoms with Gasteiger partial charge in [0.15, 0.2) is 5.82 Å². The van der Waals surface area contributed by atoms with Gasteiger partial charge in [0, 0.05) is 11.8 Å². The molecule has 7 heteroatoms. The van der Waals surface area contributed by atoms with Gasteiger partial charge in [0.25, 0.3) is 0 Å². The Morgan fingerprint density at radius 1 is 1.19 bits per heavy atom. The second-order valence-corrected chi connectivity index (χ2v) is 8.69. The number of H-pyrrole nitrogens is 1. The van der Waals surface area contributed by atoms with Crippen LogP contribution in [0.15, 0.2) is 23.2 Å². The minimum atomic E-state index is -0.102. The van der Waals surface area contributed by atoms with Crippen molar-refractivity contribution >= 4 is 34.6 Å². The Balaban J connectivity index is 1.96. The van der Waals surface area contributed by atoms with E-state index in [-0.39, 0.29) is 6.23 Å². The summed E-state index contributed by atoms with van der Waals surface area (Å²) >= 11 is 3.56. The number of nitrogens with zero attached hydrogens (tertiary/aromatic N) is 3. The first kappa shape index (κ1) is 20.3. The molecular weight excluding hydrogens is 376 g/mol. The topological polar surface area (TPSA) is 55.7 Å². The van der Waals surface area contributed by atoms with Crippen molar-refractivity contribution in [2.75, 3.05) is 24.4 Å². The molecule has 146 valence electrons. The number of ether oxygens (including phenoxy) is 1. The van der Waals surface area contributed by atoms with Gasteiger partial charge in [0.05, 0.1) is 17.6 Å². The summed E-state index contributed by atoms with van der Waals surface area (Å²) < 4.78 is 8.35. The summed E-state index contributed by atoms with van der Waals surface area (Å²) in [6.07, 6.45) is 3.12. The van der Waals surface area contributed by atoms with Gasteiger partial charge < -0.3 is 4.74 Å². The lowest BCUT2D eigenvalue weighted by atomic mass is 10.1. The molecule has 27 heavy (non-hydrogen) atoms. The summed E-state index contributed by atoms with van der Waals surface area (Å²) in [5.41, 5.74) is 5.51.